The molecule has 2 heteroatoms. The molecule has 0 nitrogen and oxygen atoms in total. The predicted molar refractivity (Wildman–Crippen MR) is 177 cm³/mol. The number of rotatable bonds is 1. The van der Waals surface area contributed by atoms with Crippen molar-refractivity contribution in [3.63, 3.8) is 0 Å². The summed E-state index contributed by atoms with van der Waals surface area (Å²) < 4.78 is 0. The minimum atomic E-state index is 0.194. The normalized spacial score (nSPS) is 11.7. The summed E-state index contributed by atoms with van der Waals surface area (Å²) in [6.45, 7) is 18.3. The van der Waals surface area contributed by atoms with Crippen LogP contribution in [-0.2, 0) is 34.2 Å². The molecule has 0 spiro atoms. The van der Waals surface area contributed by atoms with Gasteiger partial charge in [-0.15, -0.1) is 86.4 Å². The second-order valence-corrected chi connectivity index (χ2v) is 22.3. The van der Waals surface area contributed by atoms with Crippen molar-refractivity contribution >= 4 is 37.8 Å². The summed E-state index contributed by atoms with van der Waals surface area (Å²) in [7, 11) is 0. The maximum absolute atomic E-state index is 2.38. The first kappa shape index (κ1) is 30.4. The summed E-state index contributed by atoms with van der Waals surface area (Å²) >= 11 is 1.74. The third-order valence-electron chi connectivity index (χ3n) is 7.21. The van der Waals surface area contributed by atoms with Gasteiger partial charge in [-0.25, -0.2) is 0 Å². The zero-order chi connectivity index (χ0) is 29.1. The first-order chi connectivity index (χ1) is 18.8. The van der Waals surface area contributed by atoms with Gasteiger partial charge < -0.3 is 0 Å². The van der Waals surface area contributed by atoms with E-state index in [-0.39, 0.29) is 16.3 Å². The van der Waals surface area contributed by atoms with Crippen LogP contribution in [0.3, 0.4) is 0 Å². The smallest absolute Gasteiger partial charge is 0.0623 e. The number of benzene rings is 4. The molecule has 6 aromatic rings. The zero-order valence-corrected chi connectivity index (χ0v) is 28.9. The Hall–Kier alpha value is -2.54. The van der Waals surface area contributed by atoms with E-state index in [1.807, 2.05) is 0 Å². The molecule has 0 saturated heterocycles. The molecule has 0 aliphatic carbocycles. The monoisotopic (exact) mass is 616 g/mol. The van der Waals surface area contributed by atoms with Crippen LogP contribution in [0.2, 0.25) is 13.1 Å². The van der Waals surface area contributed by atoms with Crippen molar-refractivity contribution in [2.75, 3.05) is 0 Å². The maximum atomic E-state index is 2.38. The molecule has 0 aliphatic heterocycles. The van der Waals surface area contributed by atoms with Crippen molar-refractivity contribution in [3.05, 3.63) is 120 Å². The molecule has 40 heavy (non-hydrogen) atoms. The Bertz CT molecular complexity index is 1660. The molecule has 202 valence electrons. The molecule has 6 rings (SSSR count). The summed E-state index contributed by atoms with van der Waals surface area (Å²) in [6, 6.07) is 39.5. The summed E-state index contributed by atoms with van der Waals surface area (Å²) in [5.41, 5.74) is 6.03. The van der Waals surface area contributed by atoms with E-state index in [0.717, 1.165) is 0 Å². The van der Waals surface area contributed by atoms with Gasteiger partial charge in [-0.3, -0.25) is 0 Å². The summed E-state index contributed by atoms with van der Waals surface area (Å²) in [5.74, 6) is 0. The van der Waals surface area contributed by atoms with Crippen LogP contribution in [0.1, 0.15) is 52.7 Å². The van der Waals surface area contributed by atoms with Crippen molar-refractivity contribution in [1.29, 1.82) is 0 Å². The van der Waals surface area contributed by atoms with Crippen LogP contribution in [0.5, 0.6) is 0 Å². The van der Waals surface area contributed by atoms with E-state index >= 15 is 0 Å². The van der Waals surface area contributed by atoms with Crippen LogP contribution >= 0.6 is 0 Å². The molecule has 6 aromatic carbocycles. The molecule has 0 amide bonds. The molecule has 0 radical (unpaired) electrons. The first-order valence-corrected chi connectivity index (χ1v) is 20.4. The Labute approximate surface area is 256 Å². The van der Waals surface area contributed by atoms with Crippen LogP contribution in [0.25, 0.3) is 43.4 Å². The molecule has 0 atom stereocenters. The van der Waals surface area contributed by atoms with Crippen molar-refractivity contribution < 1.29 is 23.3 Å². The summed E-state index contributed by atoms with van der Waals surface area (Å²) in [5, 5.41) is 8.14. The van der Waals surface area contributed by atoms with Crippen LogP contribution < -0.4 is 0 Å². The van der Waals surface area contributed by atoms with E-state index in [4.69, 9.17) is 0 Å². The minimum Gasteiger partial charge on any atom is -0.150 e. The Kier molecular flexibility index (Phi) is 9.54. The molecule has 0 bridgehead atoms. The predicted octanol–water partition coefficient (Wildman–Crippen LogP) is 11.3. The third kappa shape index (κ3) is 7.39. The van der Waals surface area contributed by atoms with Crippen molar-refractivity contribution in [2.24, 2.45) is 0 Å². The minimum absolute atomic E-state index is 0.194. The average Bonchev–Trinajstić information content (AvgIpc) is 3.49. The summed E-state index contributed by atoms with van der Waals surface area (Å²) in [4.78, 5) is 0. The fraction of sp³-hybridized carbons (Fsp3) is 0.263. The molecule has 0 aromatic heterocycles. The SMILES string of the molecule is CC(C)(C)c1ccc2[cH-]c3ccc(C(C)(C)C)cc3c2c1.C[Si](C)=[Zr+2].c1ccc(-c2c[cH-]c3ccccc23)cc1. The topological polar surface area (TPSA) is 0 Å². The molecular weight excluding hydrogens is 576 g/mol. The van der Waals surface area contributed by atoms with Gasteiger partial charge in [0.2, 0.25) is 0 Å². The van der Waals surface area contributed by atoms with Gasteiger partial charge in [0.25, 0.3) is 0 Å². The first-order valence-electron chi connectivity index (χ1n) is 14.2. The second kappa shape index (κ2) is 12.5. The van der Waals surface area contributed by atoms with Gasteiger partial charge in [-0.1, -0.05) is 119 Å². The zero-order valence-electron chi connectivity index (χ0n) is 25.4. The van der Waals surface area contributed by atoms with E-state index in [0.29, 0.717) is 0 Å². The quantitative estimate of drug-likeness (QED) is 0.127. The maximum Gasteiger partial charge on any atom is -0.0623 e. The Morgan fingerprint density at radius 1 is 0.575 bits per heavy atom. The van der Waals surface area contributed by atoms with Gasteiger partial charge >= 0.3 is 41.9 Å². The standard InChI is InChI=1S/C21H25.C15H11.C2H6Si.Zr/c1-20(2,3)16-9-7-14-11-15-8-10-17(21(4,5)6)13-19(15)18(14)12-16;1-2-6-12(7-3-1)15-11-10-13-8-4-5-9-14(13)15;1-3-2;/h7-13H,1-6H3;1-11H;1-2H3;/q2*-1;;+2. The largest absolute Gasteiger partial charge is 0.150 e. The molecule has 0 N–H and O–H groups in total. The second-order valence-electron chi connectivity index (χ2n) is 12.9. The van der Waals surface area contributed by atoms with Crippen LogP contribution in [0.4, 0.5) is 0 Å². The van der Waals surface area contributed by atoms with Crippen LogP contribution in [0, 0.1) is 0 Å². The Morgan fingerprint density at radius 2 is 1.05 bits per heavy atom. The molecule has 0 saturated carbocycles. The van der Waals surface area contributed by atoms with Crippen LogP contribution in [0.15, 0.2) is 109 Å². The average molecular weight is 618 g/mol. The van der Waals surface area contributed by atoms with Crippen molar-refractivity contribution in [2.45, 2.75) is 65.5 Å². The van der Waals surface area contributed by atoms with E-state index < -0.39 is 0 Å². The fourth-order valence-corrected chi connectivity index (χ4v) is 4.95. The summed E-state index contributed by atoms with van der Waals surface area (Å²) in [6.07, 6.45) is 0. The van der Waals surface area contributed by atoms with Gasteiger partial charge in [0, 0.05) is 0 Å². The Balaban J connectivity index is 0.000000170. The van der Waals surface area contributed by atoms with Gasteiger partial charge in [0.15, 0.2) is 0 Å². The molecular formula is C38H42SiZr. The van der Waals surface area contributed by atoms with Crippen molar-refractivity contribution in [1.82, 2.24) is 0 Å². The number of hydrogen-bond donors (Lipinski definition) is 0. The third-order valence-corrected chi connectivity index (χ3v) is 7.21. The number of fused-ring (bicyclic) bond motifs is 4. The molecule has 0 fully saturated rings. The fourth-order valence-electron chi connectivity index (χ4n) is 4.95. The molecule has 0 unspecified atom stereocenters. The van der Waals surface area contributed by atoms with E-state index in [2.05, 4.69) is 164 Å². The van der Waals surface area contributed by atoms with Crippen molar-refractivity contribution in [3.8, 4) is 11.1 Å². The van der Waals surface area contributed by atoms with Gasteiger partial charge in [-0.2, -0.15) is 0 Å². The number of hydrogen-bond acceptors (Lipinski definition) is 0. The molecule has 0 aliphatic rings. The van der Waals surface area contributed by atoms with Gasteiger partial charge in [0.1, 0.15) is 0 Å². The van der Waals surface area contributed by atoms with Crippen LogP contribution in [-0.4, -0.2) is 5.43 Å². The van der Waals surface area contributed by atoms with Gasteiger partial charge in [-0.05, 0) is 10.8 Å². The van der Waals surface area contributed by atoms with E-state index in [9.17, 15) is 0 Å². The molecule has 0 heterocycles. The Morgan fingerprint density at radius 3 is 1.55 bits per heavy atom. The van der Waals surface area contributed by atoms with E-state index in [1.165, 1.54) is 54.6 Å². The van der Waals surface area contributed by atoms with Gasteiger partial charge in [0.05, 0.1) is 0 Å². The van der Waals surface area contributed by atoms with E-state index in [1.54, 1.807) is 23.3 Å².